The molecular formula is C25H36Cl2SiTi. The Hall–Kier alpha value is -0.309. The molecule has 1 aromatic carbocycles. The van der Waals surface area contributed by atoms with Crippen LogP contribution in [0.5, 0.6) is 0 Å². The molecule has 29 heavy (non-hydrogen) atoms. The average molecular weight is 483 g/mol. The zero-order chi connectivity index (χ0) is 20.7. The van der Waals surface area contributed by atoms with Gasteiger partial charge in [0.15, 0.2) is 0 Å². The van der Waals surface area contributed by atoms with Crippen LogP contribution >= 0.6 is 24.8 Å². The van der Waals surface area contributed by atoms with Crippen molar-refractivity contribution in [3.63, 3.8) is 0 Å². The summed E-state index contributed by atoms with van der Waals surface area (Å²) in [4.78, 5) is 0. The van der Waals surface area contributed by atoms with Crippen LogP contribution in [0, 0.1) is 24.0 Å². The van der Waals surface area contributed by atoms with E-state index >= 15 is 0 Å². The predicted molar refractivity (Wildman–Crippen MR) is 132 cm³/mol. The first kappa shape index (κ1) is 30.9. The first-order chi connectivity index (χ1) is 12.6. The molecule has 2 aliphatic carbocycles. The first-order valence-electron chi connectivity index (χ1n) is 9.72. The van der Waals surface area contributed by atoms with Crippen molar-refractivity contribution in [2.75, 3.05) is 0 Å². The Kier molecular flexibility index (Phi) is 15.6. The number of hydrogen-bond acceptors (Lipinski definition) is 0. The van der Waals surface area contributed by atoms with Gasteiger partial charge in [-0.1, -0.05) is 53.4 Å². The smallest absolute Gasteiger partial charge is 0.147 e. The van der Waals surface area contributed by atoms with E-state index in [4.69, 9.17) is 0 Å². The molecule has 1 aromatic rings. The van der Waals surface area contributed by atoms with E-state index in [1.165, 1.54) is 38.6 Å². The standard InChI is InChI=1S/2C9H13.C7H8Si.2ClH.Ti/c2*1-6-5-7(2)9(4)8(6)3;1-8-7-5-3-2-4-6-7;;;/h2*6H,1-4H3;2-6H,1H3;2*1H;/q2*-1;;;;+2. The van der Waals surface area contributed by atoms with E-state index in [0.29, 0.717) is 11.8 Å². The molecule has 0 aromatic heterocycles. The Morgan fingerprint density at radius 2 is 1.07 bits per heavy atom. The van der Waals surface area contributed by atoms with Crippen molar-refractivity contribution in [2.45, 2.75) is 61.9 Å². The van der Waals surface area contributed by atoms with Crippen LogP contribution in [0.2, 0.25) is 6.55 Å². The number of halogens is 2. The van der Waals surface area contributed by atoms with E-state index in [0.717, 1.165) is 0 Å². The Bertz CT molecular complexity index is 757. The SMILES string of the molecule is CC1=[C-]C(C)C(C)=C1C.CC1=[C-]C(C)C(C)=C1C.C[Si](=[Ti+2])c1ccccc1.Cl.Cl. The molecule has 0 saturated carbocycles. The van der Waals surface area contributed by atoms with Gasteiger partial charge in [0.2, 0.25) is 0 Å². The molecular weight excluding hydrogens is 447 g/mol. The summed E-state index contributed by atoms with van der Waals surface area (Å²) < 4.78 is 0. The molecule has 4 heteroatoms. The number of hydrogen-bond donors (Lipinski definition) is 0. The fourth-order valence-electron chi connectivity index (χ4n) is 3.01. The van der Waals surface area contributed by atoms with Crippen LogP contribution in [0.25, 0.3) is 0 Å². The molecule has 0 nitrogen and oxygen atoms in total. The molecule has 0 aliphatic heterocycles. The van der Waals surface area contributed by atoms with Crippen LogP contribution in [0.4, 0.5) is 0 Å². The molecule has 0 radical (unpaired) electrons. The minimum Gasteiger partial charge on any atom is -0.147 e. The quantitative estimate of drug-likeness (QED) is 0.290. The van der Waals surface area contributed by atoms with Gasteiger partial charge in [-0.2, -0.15) is 22.3 Å². The minimum absolute atomic E-state index is 0. The molecule has 0 heterocycles. The van der Waals surface area contributed by atoms with Crippen molar-refractivity contribution < 1.29 is 19.2 Å². The molecule has 158 valence electrons. The van der Waals surface area contributed by atoms with Gasteiger partial charge in [0.25, 0.3) is 0 Å². The summed E-state index contributed by atoms with van der Waals surface area (Å²) in [6, 6.07) is 10.7. The van der Waals surface area contributed by atoms with Crippen molar-refractivity contribution >= 4 is 36.2 Å². The monoisotopic (exact) mass is 482 g/mol. The van der Waals surface area contributed by atoms with Crippen LogP contribution in [0.3, 0.4) is 0 Å². The van der Waals surface area contributed by atoms with Gasteiger partial charge in [0.05, 0.1) is 0 Å². The van der Waals surface area contributed by atoms with Crippen molar-refractivity contribution in [1.82, 2.24) is 0 Å². The van der Waals surface area contributed by atoms with Gasteiger partial charge in [-0.25, -0.2) is 11.1 Å². The number of benzene rings is 1. The van der Waals surface area contributed by atoms with Crippen LogP contribution in [0.1, 0.15) is 55.4 Å². The fourth-order valence-corrected chi connectivity index (χ4v) is 4.48. The largest absolute Gasteiger partial charge is 0.147 e. The number of rotatable bonds is 1. The summed E-state index contributed by atoms with van der Waals surface area (Å²) in [5.74, 6) is 1.12. The van der Waals surface area contributed by atoms with Crippen molar-refractivity contribution in [3.8, 4) is 0 Å². The third kappa shape index (κ3) is 9.57. The predicted octanol–water partition coefficient (Wildman–Crippen LogP) is 7.35. The first-order valence-corrected chi connectivity index (χ1v) is 14.1. The van der Waals surface area contributed by atoms with Gasteiger partial charge in [-0.15, -0.1) is 38.7 Å². The van der Waals surface area contributed by atoms with Crippen LogP contribution in [-0.4, -0.2) is 6.19 Å². The van der Waals surface area contributed by atoms with Gasteiger partial charge in [0.1, 0.15) is 0 Å². The summed E-state index contributed by atoms with van der Waals surface area (Å²) in [7, 11) is 0. The van der Waals surface area contributed by atoms with Gasteiger partial charge >= 0.3 is 67.4 Å². The molecule has 0 fully saturated rings. The van der Waals surface area contributed by atoms with Gasteiger partial charge in [-0.05, 0) is 0 Å². The Balaban J connectivity index is 0. The molecule has 0 bridgehead atoms. The molecule has 3 rings (SSSR count). The van der Waals surface area contributed by atoms with E-state index in [1.807, 2.05) is 0 Å². The second-order valence-corrected chi connectivity index (χ2v) is 12.9. The van der Waals surface area contributed by atoms with Gasteiger partial charge in [0, 0.05) is 0 Å². The molecule has 2 aliphatic rings. The van der Waals surface area contributed by atoms with Crippen molar-refractivity contribution in [2.24, 2.45) is 11.8 Å². The van der Waals surface area contributed by atoms with E-state index in [9.17, 15) is 0 Å². The maximum atomic E-state index is 3.36. The maximum Gasteiger partial charge on any atom is -0.147 e. The topological polar surface area (TPSA) is 0 Å². The van der Waals surface area contributed by atoms with Gasteiger partial charge < -0.3 is 0 Å². The van der Waals surface area contributed by atoms with E-state index in [1.54, 1.807) is 0 Å². The molecule has 2 unspecified atom stereocenters. The van der Waals surface area contributed by atoms with Crippen molar-refractivity contribution in [3.05, 3.63) is 75.9 Å². The summed E-state index contributed by atoms with van der Waals surface area (Å²) in [6.07, 6.45) is 6.51. The maximum absolute atomic E-state index is 3.36. The molecule has 2 atom stereocenters. The fraction of sp³-hybridized carbons (Fsp3) is 0.440. The Morgan fingerprint density at radius 3 is 1.21 bits per heavy atom. The van der Waals surface area contributed by atoms with Crippen LogP contribution in [0.15, 0.2) is 63.8 Å². The molecule has 0 spiro atoms. The van der Waals surface area contributed by atoms with E-state index < -0.39 is 0 Å². The van der Waals surface area contributed by atoms with Crippen molar-refractivity contribution in [1.29, 1.82) is 0 Å². The second-order valence-electron chi connectivity index (χ2n) is 7.59. The Labute approximate surface area is 204 Å². The van der Waals surface area contributed by atoms with Crippen LogP contribution < -0.4 is 5.19 Å². The zero-order valence-corrected chi connectivity index (χ0v) is 23.6. The summed E-state index contributed by atoms with van der Waals surface area (Å²) in [6.45, 7) is 19.6. The normalized spacial score (nSPS) is 19.7. The minimum atomic E-state index is -0.212. The van der Waals surface area contributed by atoms with Gasteiger partial charge in [-0.3, -0.25) is 12.2 Å². The third-order valence-corrected chi connectivity index (χ3v) is 8.23. The zero-order valence-electron chi connectivity index (χ0n) is 19.4. The van der Waals surface area contributed by atoms with Crippen LogP contribution in [-0.2, 0) is 19.2 Å². The number of allylic oxidation sites excluding steroid dienone is 8. The summed E-state index contributed by atoms with van der Waals surface area (Å²) >= 11 is 2.31. The Morgan fingerprint density at radius 1 is 0.724 bits per heavy atom. The molecule has 0 saturated heterocycles. The van der Waals surface area contributed by atoms with E-state index in [-0.39, 0.29) is 31.0 Å². The summed E-state index contributed by atoms with van der Waals surface area (Å²) in [5.41, 5.74) is 8.49. The molecule has 0 N–H and O–H groups in total. The molecule has 0 amide bonds. The third-order valence-electron chi connectivity index (χ3n) is 5.68. The second kappa shape index (κ2) is 14.7. The van der Waals surface area contributed by atoms with E-state index in [2.05, 4.69) is 124 Å². The average Bonchev–Trinajstić information content (AvgIpc) is 3.00. The summed E-state index contributed by atoms with van der Waals surface area (Å²) in [5, 5.41) is 1.52.